The third kappa shape index (κ3) is 2.90. The molecular formula is C13H17NO2. The van der Waals surface area contributed by atoms with E-state index in [9.17, 15) is 4.79 Å². The van der Waals surface area contributed by atoms with Gasteiger partial charge in [-0.15, -0.1) is 6.42 Å². The number of hydrogen-bond donors (Lipinski definition) is 1. The van der Waals surface area contributed by atoms with E-state index in [4.69, 9.17) is 10.8 Å². The first-order chi connectivity index (χ1) is 7.58. The van der Waals surface area contributed by atoms with Gasteiger partial charge in [-0.2, -0.15) is 0 Å². The van der Waals surface area contributed by atoms with E-state index < -0.39 is 0 Å². The van der Waals surface area contributed by atoms with E-state index in [0.717, 1.165) is 18.6 Å². The monoisotopic (exact) mass is 219 g/mol. The molecule has 0 saturated carbocycles. The normalized spacial score (nSPS) is 11.9. The molecule has 1 rings (SSSR count). The van der Waals surface area contributed by atoms with E-state index in [1.54, 1.807) is 13.0 Å². The highest BCUT2D eigenvalue weighted by molar-refractivity contribution is 5.95. The van der Waals surface area contributed by atoms with Crippen molar-refractivity contribution in [3.8, 4) is 12.3 Å². The molecule has 0 radical (unpaired) electrons. The maximum absolute atomic E-state index is 11.9. The molecule has 86 valence electrons. The van der Waals surface area contributed by atoms with E-state index in [2.05, 4.69) is 11.2 Å². The van der Waals surface area contributed by atoms with Gasteiger partial charge < -0.3 is 9.73 Å². The van der Waals surface area contributed by atoms with Gasteiger partial charge in [0, 0.05) is 0 Å². The molecule has 3 nitrogen and oxygen atoms in total. The minimum absolute atomic E-state index is 0.161. The Morgan fingerprint density at radius 2 is 2.31 bits per heavy atom. The zero-order chi connectivity index (χ0) is 12.1. The molecular weight excluding hydrogens is 202 g/mol. The topological polar surface area (TPSA) is 42.2 Å². The standard InChI is InChI=1S/C13H17NO2/c1-5-7-11(6-2)14-13(15)12-8-9(3)16-10(12)4/h2,8,11H,5,7H2,1,3-4H3,(H,14,15). The summed E-state index contributed by atoms with van der Waals surface area (Å²) in [5, 5.41) is 2.80. The first kappa shape index (κ1) is 12.4. The van der Waals surface area contributed by atoms with Crippen LogP contribution in [0.2, 0.25) is 0 Å². The van der Waals surface area contributed by atoms with Crippen molar-refractivity contribution in [3.63, 3.8) is 0 Å². The van der Waals surface area contributed by atoms with Crippen molar-refractivity contribution < 1.29 is 9.21 Å². The summed E-state index contributed by atoms with van der Waals surface area (Å²) in [6.07, 6.45) is 7.07. The number of amides is 1. The lowest BCUT2D eigenvalue weighted by Crippen LogP contribution is -2.33. The zero-order valence-corrected chi connectivity index (χ0v) is 9.96. The van der Waals surface area contributed by atoms with Crippen molar-refractivity contribution in [3.05, 3.63) is 23.2 Å². The molecule has 0 aliphatic rings. The number of terminal acetylenes is 1. The summed E-state index contributed by atoms with van der Waals surface area (Å²) in [6.45, 7) is 5.62. The minimum Gasteiger partial charge on any atom is -0.466 e. The number of hydrogen-bond acceptors (Lipinski definition) is 2. The van der Waals surface area contributed by atoms with E-state index in [1.807, 2.05) is 13.8 Å². The van der Waals surface area contributed by atoms with Gasteiger partial charge >= 0.3 is 0 Å². The number of carbonyl (C=O) groups excluding carboxylic acids is 1. The summed E-state index contributed by atoms with van der Waals surface area (Å²) in [6, 6.07) is 1.52. The van der Waals surface area contributed by atoms with Crippen LogP contribution in [0.25, 0.3) is 0 Å². The smallest absolute Gasteiger partial charge is 0.255 e. The molecule has 1 amide bonds. The second-order valence-electron chi connectivity index (χ2n) is 3.81. The van der Waals surface area contributed by atoms with Crippen molar-refractivity contribution in [2.24, 2.45) is 0 Å². The Bertz CT molecular complexity index is 412. The highest BCUT2D eigenvalue weighted by Crippen LogP contribution is 2.13. The zero-order valence-electron chi connectivity index (χ0n) is 9.96. The highest BCUT2D eigenvalue weighted by atomic mass is 16.3. The van der Waals surface area contributed by atoms with Gasteiger partial charge in [0.15, 0.2) is 0 Å². The fraction of sp³-hybridized carbons (Fsp3) is 0.462. The second kappa shape index (κ2) is 5.41. The van der Waals surface area contributed by atoms with Crippen LogP contribution in [0.5, 0.6) is 0 Å². The number of aryl methyl sites for hydroxylation is 2. The molecule has 1 N–H and O–H groups in total. The second-order valence-corrected chi connectivity index (χ2v) is 3.81. The highest BCUT2D eigenvalue weighted by Gasteiger charge is 2.15. The summed E-state index contributed by atoms with van der Waals surface area (Å²) in [7, 11) is 0. The van der Waals surface area contributed by atoms with Crippen molar-refractivity contribution >= 4 is 5.91 Å². The Labute approximate surface area is 96.2 Å². The molecule has 0 spiro atoms. The molecule has 0 saturated heterocycles. The van der Waals surface area contributed by atoms with Gasteiger partial charge in [0.05, 0.1) is 11.6 Å². The maximum Gasteiger partial charge on any atom is 0.255 e. The summed E-state index contributed by atoms with van der Waals surface area (Å²) < 4.78 is 5.30. The summed E-state index contributed by atoms with van der Waals surface area (Å²) in [5.41, 5.74) is 0.564. The van der Waals surface area contributed by atoms with Crippen molar-refractivity contribution in [2.75, 3.05) is 0 Å². The SMILES string of the molecule is C#CC(CCC)NC(=O)c1cc(C)oc1C. The van der Waals surface area contributed by atoms with Gasteiger partial charge in [0.1, 0.15) is 11.5 Å². The van der Waals surface area contributed by atoms with Crippen molar-refractivity contribution in [2.45, 2.75) is 39.7 Å². The number of furan rings is 1. The molecule has 0 aromatic carbocycles. The predicted octanol–water partition coefficient (Wildman–Crippen LogP) is 2.43. The van der Waals surface area contributed by atoms with Crippen LogP contribution in [0.15, 0.2) is 10.5 Å². The molecule has 0 aliphatic heterocycles. The van der Waals surface area contributed by atoms with Crippen molar-refractivity contribution in [1.29, 1.82) is 0 Å². The van der Waals surface area contributed by atoms with Gasteiger partial charge in [-0.1, -0.05) is 19.3 Å². The first-order valence-corrected chi connectivity index (χ1v) is 5.42. The molecule has 0 aliphatic carbocycles. The van der Waals surface area contributed by atoms with Crippen LogP contribution < -0.4 is 5.32 Å². The van der Waals surface area contributed by atoms with E-state index >= 15 is 0 Å². The van der Waals surface area contributed by atoms with Gasteiger partial charge in [0.25, 0.3) is 5.91 Å². The summed E-state index contributed by atoms with van der Waals surface area (Å²) >= 11 is 0. The van der Waals surface area contributed by atoms with Crippen LogP contribution in [-0.2, 0) is 0 Å². The molecule has 1 atom stereocenters. The Balaban J connectivity index is 2.72. The maximum atomic E-state index is 11.9. The van der Waals surface area contributed by atoms with Gasteiger partial charge in [-0.05, 0) is 26.3 Å². The minimum atomic E-state index is -0.202. The predicted molar refractivity (Wildman–Crippen MR) is 63.2 cm³/mol. The van der Waals surface area contributed by atoms with Crippen LogP contribution in [0, 0.1) is 26.2 Å². The Morgan fingerprint density at radius 3 is 2.75 bits per heavy atom. The lowest BCUT2D eigenvalue weighted by Gasteiger charge is -2.11. The molecule has 1 unspecified atom stereocenters. The quantitative estimate of drug-likeness (QED) is 0.790. The molecule has 1 heterocycles. The molecule has 0 bridgehead atoms. The number of nitrogens with one attached hydrogen (secondary N) is 1. The molecule has 1 aromatic heterocycles. The van der Waals surface area contributed by atoms with Gasteiger partial charge in [-0.3, -0.25) is 4.79 Å². The largest absolute Gasteiger partial charge is 0.466 e. The molecule has 1 aromatic rings. The average Bonchev–Trinajstić information content (AvgIpc) is 2.57. The Morgan fingerprint density at radius 1 is 1.62 bits per heavy atom. The number of rotatable bonds is 4. The van der Waals surface area contributed by atoms with Crippen molar-refractivity contribution in [1.82, 2.24) is 5.32 Å². The fourth-order valence-corrected chi connectivity index (χ4v) is 1.58. The van der Waals surface area contributed by atoms with Crippen LogP contribution in [0.4, 0.5) is 0 Å². The van der Waals surface area contributed by atoms with Crippen LogP contribution in [0.1, 0.15) is 41.6 Å². The van der Waals surface area contributed by atoms with Gasteiger partial charge in [-0.25, -0.2) is 0 Å². The van der Waals surface area contributed by atoms with E-state index in [1.165, 1.54) is 0 Å². The lowest BCUT2D eigenvalue weighted by atomic mass is 10.1. The third-order valence-corrected chi connectivity index (χ3v) is 2.37. The summed E-state index contributed by atoms with van der Waals surface area (Å²) in [4.78, 5) is 11.9. The molecule has 16 heavy (non-hydrogen) atoms. The third-order valence-electron chi connectivity index (χ3n) is 2.37. The molecule has 3 heteroatoms. The molecule has 0 fully saturated rings. The van der Waals surface area contributed by atoms with Crippen LogP contribution in [0.3, 0.4) is 0 Å². The van der Waals surface area contributed by atoms with E-state index in [0.29, 0.717) is 11.3 Å². The first-order valence-electron chi connectivity index (χ1n) is 5.42. The summed E-state index contributed by atoms with van der Waals surface area (Å²) in [5.74, 6) is 3.76. The lowest BCUT2D eigenvalue weighted by molar-refractivity contribution is 0.0943. The van der Waals surface area contributed by atoms with Crippen LogP contribution >= 0.6 is 0 Å². The van der Waals surface area contributed by atoms with E-state index in [-0.39, 0.29) is 11.9 Å². The average molecular weight is 219 g/mol. The van der Waals surface area contributed by atoms with Gasteiger partial charge in [0.2, 0.25) is 0 Å². The van der Waals surface area contributed by atoms with Crippen LogP contribution in [-0.4, -0.2) is 11.9 Å². The number of carbonyl (C=O) groups is 1. The Hall–Kier alpha value is -1.69. The fourth-order valence-electron chi connectivity index (χ4n) is 1.58. The Kier molecular flexibility index (Phi) is 4.19.